The van der Waals surface area contributed by atoms with E-state index in [1.165, 1.54) is 4.90 Å². The number of likely N-dealkylation sites (tertiary alicyclic amines) is 1. The number of aliphatic imine (C=N–C) groups is 1. The Kier molecular flexibility index (Phi) is 5.51. The van der Waals surface area contributed by atoms with E-state index in [0.29, 0.717) is 16.7 Å². The maximum atomic E-state index is 12.6. The second kappa shape index (κ2) is 8.08. The van der Waals surface area contributed by atoms with Gasteiger partial charge in [0, 0.05) is 25.2 Å². The van der Waals surface area contributed by atoms with Crippen LogP contribution in [-0.4, -0.2) is 89.3 Å². The molecule has 1 aromatic carbocycles. The summed E-state index contributed by atoms with van der Waals surface area (Å²) in [6.45, 7) is 1.90. The Morgan fingerprint density at radius 2 is 1.97 bits per heavy atom. The van der Waals surface area contributed by atoms with Crippen LogP contribution in [0.3, 0.4) is 0 Å². The molecule has 3 aliphatic heterocycles. The minimum Gasteiger partial charge on any atom is -0.491 e. The van der Waals surface area contributed by atoms with Crippen LogP contribution in [0.15, 0.2) is 29.3 Å². The largest absolute Gasteiger partial charge is 0.491 e. The molecule has 156 valence electrons. The Labute approximate surface area is 173 Å². The Morgan fingerprint density at radius 3 is 2.66 bits per heavy atom. The lowest BCUT2D eigenvalue weighted by atomic mass is 10.1. The Bertz CT molecular complexity index is 811. The molecule has 3 unspecified atom stereocenters. The minimum absolute atomic E-state index is 0.0547. The van der Waals surface area contributed by atoms with E-state index in [2.05, 4.69) is 15.2 Å². The lowest BCUT2D eigenvalue weighted by molar-refractivity contribution is -0.127. The van der Waals surface area contributed by atoms with Crippen molar-refractivity contribution in [3.63, 3.8) is 0 Å². The molecule has 0 radical (unpaired) electrons. The molecule has 3 heterocycles. The van der Waals surface area contributed by atoms with E-state index in [1.807, 2.05) is 0 Å². The van der Waals surface area contributed by atoms with E-state index >= 15 is 0 Å². The smallest absolute Gasteiger partial charge is 0.325 e. The summed E-state index contributed by atoms with van der Waals surface area (Å²) in [6, 6.07) is 5.75. The standard InChI is InChI=1S/C19H24ClN5O4/c1-23-16-15(17(27)22-19(23)28)25(18(21-16)24-8-2-3-9-24)10-13(26)11-29-14-6-4-12(20)5-7-14/h4-7,13,15-16,26H,2-3,8-11H2,1H3,(H,22,27,28). The summed E-state index contributed by atoms with van der Waals surface area (Å²) in [4.78, 5) is 34.6. The number of aliphatic hydroxyl groups excluding tert-OH is 1. The number of amides is 3. The van der Waals surface area contributed by atoms with Gasteiger partial charge in [0.05, 0.1) is 6.54 Å². The van der Waals surface area contributed by atoms with Crippen LogP contribution in [0.1, 0.15) is 12.8 Å². The molecule has 4 rings (SSSR count). The zero-order valence-corrected chi connectivity index (χ0v) is 16.9. The maximum absolute atomic E-state index is 12.6. The van der Waals surface area contributed by atoms with Crippen LogP contribution in [0, 0.1) is 0 Å². The number of β-amino-alcohol motifs (C(OH)–C–C–N with tert-alkyl or cyclic N) is 1. The fraction of sp³-hybridized carbons (Fsp3) is 0.526. The minimum atomic E-state index is -0.854. The number of ether oxygens (including phenoxy) is 1. The number of halogens is 1. The third-order valence-corrected chi connectivity index (χ3v) is 5.64. The molecule has 3 aliphatic rings. The Hall–Kier alpha value is -2.52. The second-order valence-corrected chi connectivity index (χ2v) is 7.89. The molecule has 29 heavy (non-hydrogen) atoms. The number of benzene rings is 1. The van der Waals surface area contributed by atoms with Gasteiger partial charge in [-0.2, -0.15) is 0 Å². The van der Waals surface area contributed by atoms with Crippen LogP contribution < -0.4 is 10.1 Å². The number of rotatable bonds is 5. The number of carbonyl (C=O) groups is 2. The second-order valence-electron chi connectivity index (χ2n) is 7.46. The zero-order chi connectivity index (χ0) is 20.5. The summed E-state index contributed by atoms with van der Waals surface area (Å²) in [5.74, 6) is 0.850. The van der Waals surface area contributed by atoms with E-state index < -0.39 is 30.2 Å². The monoisotopic (exact) mass is 421 g/mol. The first kappa shape index (κ1) is 19.8. The Morgan fingerprint density at radius 1 is 1.28 bits per heavy atom. The van der Waals surface area contributed by atoms with Crippen LogP contribution in [0.5, 0.6) is 5.75 Å². The number of nitrogens with one attached hydrogen (secondary N) is 1. The van der Waals surface area contributed by atoms with Crippen LogP contribution >= 0.6 is 11.6 Å². The highest BCUT2D eigenvalue weighted by molar-refractivity contribution is 6.30. The van der Waals surface area contributed by atoms with Crippen LogP contribution in [0.4, 0.5) is 4.79 Å². The van der Waals surface area contributed by atoms with Gasteiger partial charge in [0.2, 0.25) is 0 Å². The number of nitrogens with zero attached hydrogens (tertiary/aromatic N) is 4. The van der Waals surface area contributed by atoms with Crippen LogP contribution in [-0.2, 0) is 4.79 Å². The predicted molar refractivity (Wildman–Crippen MR) is 107 cm³/mol. The number of hydrogen-bond acceptors (Lipinski definition) is 7. The van der Waals surface area contributed by atoms with Gasteiger partial charge in [0.1, 0.15) is 18.5 Å². The van der Waals surface area contributed by atoms with Crippen molar-refractivity contribution < 1.29 is 19.4 Å². The molecular weight excluding hydrogens is 398 g/mol. The summed E-state index contributed by atoms with van der Waals surface area (Å²) >= 11 is 5.87. The van der Waals surface area contributed by atoms with E-state index in [1.54, 1.807) is 36.2 Å². The predicted octanol–water partition coefficient (Wildman–Crippen LogP) is 0.723. The summed E-state index contributed by atoms with van der Waals surface area (Å²) in [5, 5.41) is 13.6. The first-order chi connectivity index (χ1) is 13.9. The fourth-order valence-electron chi connectivity index (χ4n) is 3.89. The normalized spacial score (nSPS) is 25.1. The molecule has 0 bridgehead atoms. The SMILES string of the molecule is CN1C(=O)NC(=O)C2C1N=C(N1CCCC1)N2CC(O)COc1ccc(Cl)cc1. The number of fused-ring (bicyclic) bond motifs is 1. The molecule has 2 saturated heterocycles. The van der Waals surface area contributed by atoms with Gasteiger partial charge in [-0.05, 0) is 37.1 Å². The van der Waals surface area contributed by atoms with Gasteiger partial charge in [-0.25, -0.2) is 9.79 Å². The van der Waals surface area contributed by atoms with Crippen molar-refractivity contribution in [2.75, 3.05) is 33.3 Å². The molecular formula is C19H24ClN5O4. The van der Waals surface area contributed by atoms with Gasteiger partial charge in [-0.1, -0.05) is 11.6 Å². The first-order valence-corrected chi connectivity index (χ1v) is 10.1. The van der Waals surface area contributed by atoms with Gasteiger partial charge in [0.15, 0.2) is 18.2 Å². The molecule has 9 nitrogen and oxygen atoms in total. The highest BCUT2D eigenvalue weighted by Crippen LogP contribution is 2.27. The van der Waals surface area contributed by atoms with Crippen molar-refractivity contribution in [2.24, 2.45) is 4.99 Å². The van der Waals surface area contributed by atoms with E-state index in [-0.39, 0.29) is 13.2 Å². The summed E-state index contributed by atoms with van der Waals surface area (Å²) in [5.41, 5.74) is 0. The molecule has 3 atom stereocenters. The summed E-state index contributed by atoms with van der Waals surface area (Å²) < 4.78 is 5.64. The van der Waals surface area contributed by atoms with Crippen molar-refractivity contribution in [1.29, 1.82) is 0 Å². The van der Waals surface area contributed by atoms with Crippen LogP contribution in [0.2, 0.25) is 5.02 Å². The van der Waals surface area contributed by atoms with E-state index in [9.17, 15) is 14.7 Å². The Balaban J connectivity index is 1.48. The number of imide groups is 1. The third kappa shape index (κ3) is 3.97. The molecule has 3 amide bonds. The third-order valence-electron chi connectivity index (χ3n) is 5.39. The van der Waals surface area contributed by atoms with Gasteiger partial charge in [0.25, 0.3) is 5.91 Å². The van der Waals surface area contributed by atoms with Crippen molar-refractivity contribution in [2.45, 2.75) is 31.2 Å². The zero-order valence-electron chi connectivity index (χ0n) is 16.1. The topological polar surface area (TPSA) is 97.7 Å². The molecule has 0 saturated carbocycles. The van der Waals surface area contributed by atoms with Crippen molar-refractivity contribution >= 4 is 29.5 Å². The molecule has 0 aromatic heterocycles. The molecule has 0 aliphatic carbocycles. The van der Waals surface area contributed by atoms with Crippen molar-refractivity contribution in [3.8, 4) is 5.75 Å². The lowest BCUT2D eigenvalue weighted by Gasteiger charge is -2.37. The number of hydrogen-bond donors (Lipinski definition) is 2. The average Bonchev–Trinajstić information content (AvgIpc) is 3.34. The quantitative estimate of drug-likeness (QED) is 0.727. The van der Waals surface area contributed by atoms with E-state index in [4.69, 9.17) is 16.3 Å². The first-order valence-electron chi connectivity index (χ1n) is 9.67. The number of likely N-dealkylation sites (N-methyl/N-ethyl adjacent to an activating group) is 1. The molecule has 0 spiro atoms. The highest BCUT2D eigenvalue weighted by Gasteiger charge is 2.50. The van der Waals surface area contributed by atoms with Crippen molar-refractivity contribution in [3.05, 3.63) is 29.3 Å². The highest BCUT2D eigenvalue weighted by atomic mass is 35.5. The fourth-order valence-corrected chi connectivity index (χ4v) is 4.02. The van der Waals surface area contributed by atoms with Gasteiger partial charge in [-0.3, -0.25) is 10.1 Å². The summed E-state index contributed by atoms with van der Waals surface area (Å²) in [6.07, 6.45) is 0.640. The number of urea groups is 1. The van der Waals surface area contributed by atoms with Crippen LogP contribution in [0.25, 0.3) is 0 Å². The molecule has 1 aromatic rings. The number of aliphatic hydroxyl groups is 1. The number of guanidine groups is 1. The van der Waals surface area contributed by atoms with Gasteiger partial charge >= 0.3 is 6.03 Å². The summed E-state index contributed by atoms with van der Waals surface area (Å²) in [7, 11) is 1.62. The van der Waals surface area contributed by atoms with Gasteiger partial charge < -0.3 is 24.5 Å². The number of carbonyl (C=O) groups excluding carboxylic acids is 2. The lowest BCUT2D eigenvalue weighted by Crippen LogP contribution is -2.65. The van der Waals surface area contributed by atoms with Gasteiger partial charge in [-0.15, -0.1) is 0 Å². The van der Waals surface area contributed by atoms with E-state index in [0.717, 1.165) is 25.9 Å². The molecule has 2 N–H and O–H groups in total. The van der Waals surface area contributed by atoms with Crippen molar-refractivity contribution in [1.82, 2.24) is 20.0 Å². The average molecular weight is 422 g/mol. The maximum Gasteiger partial charge on any atom is 0.325 e. The molecule has 10 heteroatoms. The molecule has 2 fully saturated rings.